The van der Waals surface area contributed by atoms with Crippen molar-refractivity contribution in [1.29, 1.82) is 0 Å². The van der Waals surface area contributed by atoms with Crippen molar-refractivity contribution in [1.82, 2.24) is 20.0 Å². The van der Waals surface area contributed by atoms with Crippen LogP contribution in [0.4, 0.5) is 0 Å². The minimum atomic E-state index is -0.198. The van der Waals surface area contributed by atoms with Gasteiger partial charge in [0, 0.05) is 22.5 Å². The molecular weight excluding hydrogens is 519 g/mol. The van der Waals surface area contributed by atoms with Crippen LogP contribution in [0.1, 0.15) is 37.1 Å². The van der Waals surface area contributed by atoms with E-state index >= 15 is 0 Å². The molecule has 2 unspecified atom stereocenters. The maximum Gasteiger partial charge on any atom is 0.234 e. The highest BCUT2D eigenvalue weighted by molar-refractivity contribution is 7.19. The van der Waals surface area contributed by atoms with Gasteiger partial charge in [0.2, 0.25) is 11.8 Å². The van der Waals surface area contributed by atoms with Gasteiger partial charge in [0.25, 0.3) is 0 Å². The molecule has 6 rings (SSSR count). The third kappa shape index (κ3) is 3.93. The molecule has 2 aromatic heterocycles. The second kappa shape index (κ2) is 9.01. The number of piperidine rings is 2. The second-order valence-corrected chi connectivity index (χ2v) is 12.2. The second-order valence-electron chi connectivity index (χ2n) is 10.6. The van der Waals surface area contributed by atoms with Crippen molar-refractivity contribution < 1.29 is 14.3 Å². The molecule has 3 fully saturated rings. The van der Waals surface area contributed by atoms with Gasteiger partial charge < -0.3 is 10.1 Å². The molecule has 3 aromatic rings. The number of rotatable bonds is 5. The lowest BCUT2D eigenvalue weighted by molar-refractivity contribution is -0.143. The van der Waals surface area contributed by atoms with Gasteiger partial charge in [0.15, 0.2) is 0 Å². The first-order valence-corrected chi connectivity index (χ1v) is 13.3. The molecule has 4 heterocycles. The van der Waals surface area contributed by atoms with Gasteiger partial charge in [0.1, 0.15) is 17.4 Å². The standard InChI is InChI=1S/C26H29ClN4O3S.ClH/c1-13-9-14(27)10-17(22(13)34-15-5-7-28-8-6-15)21-23-18(29-30(21)4)11-16(35-23)12-31-24(32)19-20(25(31)33)26(19,2)3;/h9-11,15,19-20,28H,5-8,12H2,1-4H3;1H. The molecule has 2 aliphatic heterocycles. The summed E-state index contributed by atoms with van der Waals surface area (Å²) in [5.41, 5.74) is 3.50. The molecule has 0 radical (unpaired) electrons. The molecule has 2 amide bonds. The van der Waals surface area contributed by atoms with Crippen LogP contribution in [0.2, 0.25) is 5.02 Å². The molecule has 1 aromatic carbocycles. The number of likely N-dealkylation sites (tertiary alicyclic amines) is 1. The molecule has 2 atom stereocenters. The fourth-order valence-electron chi connectivity index (χ4n) is 5.87. The molecule has 1 N–H and O–H groups in total. The number of fused-ring (bicyclic) bond motifs is 2. The normalized spacial score (nSPS) is 23.2. The van der Waals surface area contributed by atoms with Crippen LogP contribution in [0.15, 0.2) is 18.2 Å². The van der Waals surface area contributed by atoms with Crippen LogP contribution >= 0.6 is 35.3 Å². The van der Waals surface area contributed by atoms with E-state index in [0.717, 1.165) is 63.6 Å². The maximum absolute atomic E-state index is 12.8. The van der Waals surface area contributed by atoms with Crippen molar-refractivity contribution in [2.24, 2.45) is 24.3 Å². The molecule has 36 heavy (non-hydrogen) atoms. The summed E-state index contributed by atoms with van der Waals surface area (Å²) in [4.78, 5) is 28.1. The molecule has 10 heteroatoms. The number of benzene rings is 1. The average molecular weight is 550 g/mol. The summed E-state index contributed by atoms with van der Waals surface area (Å²) in [5.74, 6) is 0.432. The molecular formula is C26H30Cl2N4O3S. The van der Waals surface area contributed by atoms with E-state index in [2.05, 4.69) is 5.32 Å². The number of imide groups is 1. The topological polar surface area (TPSA) is 76.5 Å². The van der Waals surface area contributed by atoms with Crippen molar-refractivity contribution in [3.63, 3.8) is 0 Å². The molecule has 192 valence electrons. The van der Waals surface area contributed by atoms with Gasteiger partial charge in [-0.3, -0.25) is 19.2 Å². The Kier molecular flexibility index (Phi) is 6.39. The van der Waals surface area contributed by atoms with E-state index in [9.17, 15) is 9.59 Å². The van der Waals surface area contributed by atoms with Crippen LogP contribution in [0, 0.1) is 24.2 Å². The number of carbonyl (C=O) groups is 2. The van der Waals surface area contributed by atoms with Crippen molar-refractivity contribution in [2.75, 3.05) is 13.1 Å². The monoisotopic (exact) mass is 548 g/mol. The summed E-state index contributed by atoms with van der Waals surface area (Å²) in [7, 11) is 1.93. The van der Waals surface area contributed by atoms with E-state index in [4.69, 9.17) is 21.4 Å². The largest absolute Gasteiger partial charge is 0.489 e. The number of thiophene rings is 1. The van der Waals surface area contributed by atoms with Gasteiger partial charge in [0.05, 0.1) is 28.8 Å². The Hall–Kier alpha value is -2.13. The van der Waals surface area contributed by atoms with E-state index in [1.54, 1.807) is 11.3 Å². The summed E-state index contributed by atoms with van der Waals surface area (Å²) < 4.78 is 9.42. The third-order valence-electron chi connectivity index (χ3n) is 7.83. The number of nitrogens with one attached hydrogen (secondary N) is 1. The Morgan fingerprint density at radius 3 is 2.50 bits per heavy atom. The van der Waals surface area contributed by atoms with Crippen molar-refractivity contribution in [3.8, 4) is 17.0 Å². The lowest BCUT2D eigenvalue weighted by atomic mass is 10.0. The Labute approximate surface area is 225 Å². The molecule has 1 saturated carbocycles. The Bertz CT molecular complexity index is 1350. The minimum Gasteiger partial charge on any atom is -0.489 e. The van der Waals surface area contributed by atoms with Crippen LogP contribution in [0.3, 0.4) is 0 Å². The lowest BCUT2D eigenvalue weighted by Gasteiger charge is -2.26. The highest BCUT2D eigenvalue weighted by Crippen LogP contribution is 2.63. The van der Waals surface area contributed by atoms with Crippen LogP contribution in [0.5, 0.6) is 5.75 Å². The number of ether oxygens (including phenoxy) is 1. The van der Waals surface area contributed by atoms with E-state index in [0.29, 0.717) is 11.6 Å². The number of amides is 2. The zero-order valence-corrected chi connectivity index (χ0v) is 23.1. The van der Waals surface area contributed by atoms with Crippen LogP contribution in [0.25, 0.3) is 21.5 Å². The van der Waals surface area contributed by atoms with E-state index in [-0.39, 0.29) is 47.6 Å². The fourth-order valence-corrected chi connectivity index (χ4v) is 7.31. The van der Waals surface area contributed by atoms with Crippen LogP contribution in [-0.4, -0.2) is 45.7 Å². The van der Waals surface area contributed by atoms with Gasteiger partial charge >= 0.3 is 0 Å². The summed E-state index contributed by atoms with van der Waals surface area (Å²) in [5, 5.41) is 8.78. The predicted octanol–water partition coefficient (Wildman–Crippen LogP) is 4.96. The zero-order chi connectivity index (χ0) is 24.6. The van der Waals surface area contributed by atoms with Crippen molar-refractivity contribution in [3.05, 3.63) is 33.7 Å². The van der Waals surface area contributed by atoms with Gasteiger partial charge in [-0.1, -0.05) is 25.4 Å². The highest BCUT2D eigenvalue weighted by atomic mass is 35.5. The van der Waals surface area contributed by atoms with Crippen molar-refractivity contribution >= 4 is 57.4 Å². The summed E-state index contributed by atoms with van der Waals surface area (Å²) in [6.07, 6.45) is 2.07. The Morgan fingerprint density at radius 1 is 1.17 bits per heavy atom. The number of aromatic nitrogens is 2. The predicted molar refractivity (Wildman–Crippen MR) is 144 cm³/mol. The molecule has 7 nitrogen and oxygen atoms in total. The first kappa shape index (κ1) is 25.5. The SMILES string of the molecule is Cc1cc(Cl)cc(-c2c3sc(CN4C(=O)C5C(C4=O)C5(C)C)cc3nn2C)c1OC1CCNCC1.Cl. The summed E-state index contributed by atoms with van der Waals surface area (Å²) in [6.45, 7) is 8.23. The third-order valence-corrected chi connectivity index (χ3v) is 9.16. The average Bonchev–Trinajstić information content (AvgIpc) is 3.04. The highest BCUT2D eigenvalue weighted by Gasteiger charge is 2.72. The fraction of sp³-hybridized carbons (Fsp3) is 0.500. The molecule has 0 spiro atoms. The van der Waals surface area contributed by atoms with Gasteiger partial charge in [-0.05, 0) is 62.0 Å². The first-order valence-electron chi connectivity index (χ1n) is 12.2. The van der Waals surface area contributed by atoms with Crippen molar-refractivity contribution in [2.45, 2.75) is 46.3 Å². The number of hydrogen-bond donors (Lipinski definition) is 1. The summed E-state index contributed by atoms with van der Waals surface area (Å²) in [6, 6.07) is 5.88. The molecule has 1 aliphatic carbocycles. The van der Waals surface area contributed by atoms with E-state index in [1.165, 1.54) is 4.90 Å². The number of nitrogens with zero attached hydrogens (tertiary/aromatic N) is 3. The van der Waals surface area contributed by atoms with Gasteiger partial charge in [-0.25, -0.2) is 0 Å². The van der Waals surface area contributed by atoms with Crippen LogP contribution in [-0.2, 0) is 23.2 Å². The number of carbonyl (C=O) groups excluding carboxylic acids is 2. The van der Waals surface area contributed by atoms with Gasteiger partial charge in [-0.15, -0.1) is 23.7 Å². The Morgan fingerprint density at radius 2 is 1.83 bits per heavy atom. The first-order chi connectivity index (χ1) is 16.7. The number of hydrogen-bond acceptors (Lipinski definition) is 6. The zero-order valence-electron chi connectivity index (χ0n) is 20.8. The maximum atomic E-state index is 12.8. The summed E-state index contributed by atoms with van der Waals surface area (Å²) >= 11 is 8.08. The van der Waals surface area contributed by atoms with E-state index in [1.807, 2.05) is 50.7 Å². The lowest BCUT2D eigenvalue weighted by Crippen LogP contribution is -2.35. The molecule has 2 saturated heterocycles. The smallest absolute Gasteiger partial charge is 0.234 e. The van der Waals surface area contributed by atoms with E-state index < -0.39 is 0 Å². The Balaban J connectivity index is 0.00000267. The molecule has 0 bridgehead atoms. The quantitative estimate of drug-likeness (QED) is 0.456. The number of halogens is 2. The van der Waals surface area contributed by atoms with Crippen LogP contribution < -0.4 is 10.1 Å². The number of aryl methyl sites for hydroxylation is 2. The van der Waals surface area contributed by atoms with Gasteiger partial charge in [-0.2, -0.15) is 5.10 Å². The molecule has 3 aliphatic rings. The minimum absolute atomic E-state index is 0.